The van der Waals surface area contributed by atoms with Crippen molar-refractivity contribution in [2.45, 2.75) is 52.2 Å². The van der Waals surface area contributed by atoms with Gasteiger partial charge in [-0.25, -0.2) is 0 Å². The van der Waals surface area contributed by atoms with Crippen LogP contribution in [0.1, 0.15) is 40.5 Å². The quantitative estimate of drug-likeness (QED) is 0.567. The number of ether oxygens (including phenoxy) is 1. The largest absolute Gasteiger partial charge is 0.459 e. The number of likely N-dealkylation sites (N-methyl/N-ethyl adjacent to an activating group) is 1. The summed E-state index contributed by atoms with van der Waals surface area (Å²) in [5.74, 6) is -2.80. The number of esters is 1. The smallest absolute Gasteiger partial charge is 0.324 e. The van der Waals surface area contributed by atoms with Crippen LogP contribution in [0.3, 0.4) is 0 Å². The van der Waals surface area contributed by atoms with E-state index in [4.69, 9.17) is 4.74 Å². The molecule has 0 bridgehead atoms. The molecule has 0 aliphatic carbocycles. The van der Waals surface area contributed by atoms with E-state index in [9.17, 15) is 14.4 Å². The summed E-state index contributed by atoms with van der Waals surface area (Å²) in [5.41, 5.74) is -0.702. The minimum Gasteiger partial charge on any atom is -0.459 e. The highest BCUT2D eigenvalue weighted by atomic mass is 16.6. The Morgan fingerprint density at radius 1 is 1.26 bits per heavy atom. The Labute approximate surface area is 114 Å². The van der Waals surface area contributed by atoms with Crippen molar-refractivity contribution in [2.24, 2.45) is 5.92 Å². The molecule has 5 heteroatoms. The topological polar surface area (TPSA) is 63.7 Å². The summed E-state index contributed by atoms with van der Waals surface area (Å²) < 4.78 is 5.18. The monoisotopic (exact) mass is 269 g/mol. The molecule has 0 spiro atoms. The van der Waals surface area contributed by atoms with E-state index in [2.05, 4.69) is 0 Å². The summed E-state index contributed by atoms with van der Waals surface area (Å²) in [5, 5.41) is 0. The highest BCUT2D eigenvalue weighted by molar-refractivity contribution is 6.18. The van der Waals surface area contributed by atoms with Gasteiger partial charge in [-0.15, -0.1) is 0 Å². The van der Waals surface area contributed by atoms with Crippen molar-refractivity contribution in [3.05, 3.63) is 0 Å². The Kier molecular flexibility index (Phi) is 4.85. The fraction of sp³-hybridized carbons (Fsp3) is 0.786. The van der Waals surface area contributed by atoms with Crippen LogP contribution in [-0.2, 0) is 19.1 Å². The Balaban J connectivity index is 2.86. The lowest BCUT2D eigenvalue weighted by Gasteiger charge is -2.25. The Morgan fingerprint density at radius 2 is 1.84 bits per heavy atom. The molecule has 1 heterocycles. The molecule has 0 aromatic carbocycles. The number of ketones is 2. The lowest BCUT2D eigenvalue weighted by molar-refractivity contribution is -0.164. The van der Waals surface area contributed by atoms with Gasteiger partial charge in [0.15, 0.2) is 17.5 Å². The molecule has 0 aromatic rings. The van der Waals surface area contributed by atoms with Crippen LogP contribution in [0.15, 0.2) is 0 Å². The van der Waals surface area contributed by atoms with Crippen LogP contribution in [0.4, 0.5) is 0 Å². The molecule has 108 valence electrons. The molecule has 0 amide bonds. The van der Waals surface area contributed by atoms with E-state index in [0.717, 1.165) is 13.0 Å². The van der Waals surface area contributed by atoms with Crippen LogP contribution in [0, 0.1) is 5.92 Å². The average molecular weight is 269 g/mol. The number of hydrogen-bond acceptors (Lipinski definition) is 5. The van der Waals surface area contributed by atoms with E-state index in [1.54, 1.807) is 20.8 Å². The minimum atomic E-state index is -1.29. The van der Waals surface area contributed by atoms with E-state index < -0.39 is 23.3 Å². The summed E-state index contributed by atoms with van der Waals surface area (Å²) >= 11 is 0. The third-order valence-electron chi connectivity index (χ3n) is 3.18. The first-order valence-corrected chi connectivity index (χ1v) is 6.61. The fourth-order valence-corrected chi connectivity index (χ4v) is 2.31. The van der Waals surface area contributed by atoms with Crippen LogP contribution in [0.5, 0.6) is 0 Å². The van der Waals surface area contributed by atoms with Crippen molar-refractivity contribution in [2.75, 3.05) is 13.6 Å². The van der Waals surface area contributed by atoms with Crippen LogP contribution >= 0.6 is 0 Å². The molecule has 2 atom stereocenters. The average Bonchev–Trinajstić information content (AvgIpc) is 2.60. The Bertz CT molecular complexity index is 383. The van der Waals surface area contributed by atoms with Gasteiger partial charge in [0.1, 0.15) is 5.60 Å². The van der Waals surface area contributed by atoms with Crippen LogP contribution in [-0.4, -0.2) is 47.7 Å². The SMILES string of the molecule is CC(=O)C(C(=O)OC(C)(C)C)C(=O)C1CCCN1C. The van der Waals surface area contributed by atoms with Gasteiger partial charge >= 0.3 is 5.97 Å². The number of nitrogens with zero attached hydrogens (tertiary/aromatic N) is 1. The molecule has 0 radical (unpaired) electrons. The molecule has 2 unspecified atom stereocenters. The molecule has 5 nitrogen and oxygen atoms in total. The van der Waals surface area contributed by atoms with E-state index in [1.807, 2.05) is 11.9 Å². The van der Waals surface area contributed by atoms with Crippen molar-refractivity contribution in [1.82, 2.24) is 4.90 Å². The first kappa shape index (κ1) is 15.8. The third kappa shape index (κ3) is 4.13. The van der Waals surface area contributed by atoms with E-state index >= 15 is 0 Å². The number of Topliss-reactive ketones (excluding diaryl/α,β-unsaturated/α-hetero) is 2. The molecule has 0 aromatic heterocycles. The second-order valence-electron chi connectivity index (χ2n) is 6.12. The Morgan fingerprint density at radius 3 is 2.21 bits per heavy atom. The summed E-state index contributed by atoms with van der Waals surface area (Å²) in [6, 6.07) is -0.346. The van der Waals surface area contributed by atoms with Gasteiger partial charge in [0, 0.05) is 0 Å². The molecule has 1 fully saturated rings. The number of carbonyl (C=O) groups is 3. The van der Waals surface area contributed by atoms with Gasteiger partial charge in [-0.05, 0) is 54.1 Å². The van der Waals surface area contributed by atoms with Crippen molar-refractivity contribution in [1.29, 1.82) is 0 Å². The standard InChI is InChI=1S/C14H23NO4/c1-9(16)11(13(18)19-14(2,3)4)12(17)10-7-6-8-15(10)5/h10-11H,6-8H2,1-5H3. The lowest BCUT2D eigenvalue weighted by Crippen LogP contribution is -2.44. The lowest BCUT2D eigenvalue weighted by atomic mass is 9.93. The first-order chi connectivity index (χ1) is 8.63. The predicted molar refractivity (Wildman–Crippen MR) is 70.7 cm³/mol. The highest BCUT2D eigenvalue weighted by Gasteiger charge is 2.41. The number of likely N-dealkylation sites (tertiary alicyclic amines) is 1. The summed E-state index contributed by atoms with van der Waals surface area (Å²) in [6.45, 7) is 7.23. The van der Waals surface area contributed by atoms with Gasteiger partial charge < -0.3 is 4.74 Å². The van der Waals surface area contributed by atoms with E-state index in [-0.39, 0.29) is 11.8 Å². The highest BCUT2D eigenvalue weighted by Crippen LogP contribution is 2.21. The zero-order chi connectivity index (χ0) is 14.8. The van der Waals surface area contributed by atoms with Crippen LogP contribution in [0.2, 0.25) is 0 Å². The third-order valence-corrected chi connectivity index (χ3v) is 3.18. The van der Waals surface area contributed by atoms with E-state index in [1.165, 1.54) is 6.92 Å². The van der Waals surface area contributed by atoms with Gasteiger partial charge in [0.2, 0.25) is 0 Å². The van der Waals surface area contributed by atoms with E-state index in [0.29, 0.717) is 6.42 Å². The maximum atomic E-state index is 12.4. The van der Waals surface area contributed by atoms with Gasteiger partial charge in [-0.3, -0.25) is 19.3 Å². The Hall–Kier alpha value is -1.23. The number of carbonyl (C=O) groups excluding carboxylic acids is 3. The summed E-state index contributed by atoms with van der Waals surface area (Å²) in [4.78, 5) is 37.9. The van der Waals surface area contributed by atoms with Crippen molar-refractivity contribution in [3.63, 3.8) is 0 Å². The second kappa shape index (κ2) is 5.82. The molecule has 1 aliphatic heterocycles. The molecular weight excluding hydrogens is 246 g/mol. The zero-order valence-corrected chi connectivity index (χ0v) is 12.4. The van der Waals surface area contributed by atoms with Gasteiger partial charge in [0.05, 0.1) is 6.04 Å². The van der Waals surface area contributed by atoms with Gasteiger partial charge in [-0.1, -0.05) is 0 Å². The summed E-state index contributed by atoms with van der Waals surface area (Å²) in [7, 11) is 1.84. The van der Waals surface area contributed by atoms with Gasteiger partial charge in [-0.2, -0.15) is 0 Å². The first-order valence-electron chi connectivity index (χ1n) is 6.61. The second-order valence-corrected chi connectivity index (χ2v) is 6.12. The molecular formula is C14H23NO4. The van der Waals surface area contributed by atoms with Crippen LogP contribution < -0.4 is 0 Å². The maximum absolute atomic E-state index is 12.4. The fourth-order valence-electron chi connectivity index (χ4n) is 2.31. The molecule has 0 N–H and O–H groups in total. The molecule has 1 rings (SSSR count). The summed E-state index contributed by atoms with van der Waals surface area (Å²) in [6.07, 6.45) is 1.60. The van der Waals surface area contributed by atoms with Crippen molar-refractivity contribution in [3.8, 4) is 0 Å². The number of hydrogen-bond donors (Lipinski definition) is 0. The molecule has 19 heavy (non-hydrogen) atoms. The molecule has 1 saturated heterocycles. The zero-order valence-electron chi connectivity index (χ0n) is 12.4. The molecule has 0 saturated carbocycles. The molecule has 1 aliphatic rings. The minimum absolute atomic E-state index is 0.332. The van der Waals surface area contributed by atoms with Gasteiger partial charge in [0.25, 0.3) is 0 Å². The maximum Gasteiger partial charge on any atom is 0.324 e. The number of rotatable bonds is 4. The normalized spacial score (nSPS) is 22.1. The van der Waals surface area contributed by atoms with Crippen LogP contribution in [0.25, 0.3) is 0 Å². The van der Waals surface area contributed by atoms with Crippen molar-refractivity contribution < 1.29 is 19.1 Å². The van der Waals surface area contributed by atoms with Crippen molar-refractivity contribution >= 4 is 17.5 Å². The predicted octanol–water partition coefficient (Wildman–Crippen LogP) is 1.20.